The molecule has 0 bridgehead atoms. The number of aliphatic hydroxyl groups excluding tert-OH is 1. The summed E-state index contributed by atoms with van der Waals surface area (Å²) in [5.74, 6) is 0. The van der Waals surface area contributed by atoms with E-state index in [1.165, 1.54) is 11.1 Å². The maximum absolute atomic E-state index is 9.57. The quantitative estimate of drug-likeness (QED) is 0.845. The van der Waals surface area contributed by atoms with E-state index in [4.69, 9.17) is 0 Å². The van der Waals surface area contributed by atoms with Gasteiger partial charge in [0.25, 0.3) is 0 Å². The molecule has 1 aliphatic rings. The van der Waals surface area contributed by atoms with Crippen molar-refractivity contribution < 1.29 is 5.11 Å². The van der Waals surface area contributed by atoms with Crippen molar-refractivity contribution in [3.8, 4) is 0 Å². The van der Waals surface area contributed by atoms with Gasteiger partial charge in [0, 0.05) is 31.7 Å². The Morgan fingerprint density at radius 3 is 2.29 bits per heavy atom. The fourth-order valence-electron chi connectivity index (χ4n) is 2.87. The van der Waals surface area contributed by atoms with Crippen molar-refractivity contribution in [2.45, 2.75) is 39.8 Å². The molecule has 0 saturated heterocycles. The second kappa shape index (κ2) is 5.19. The molecule has 1 aromatic carbocycles. The van der Waals surface area contributed by atoms with Crippen LogP contribution in [-0.4, -0.2) is 23.2 Å². The average molecular weight is 233 g/mol. The zero-order chi connectivity index (χ0) is 12.3. The molecule has 2 nitrogen and oxygen atoms in total. The Kier molecular flexibility index (Phi) is 3.85. The van der Waals surface area contributed by atoms with Crippen LogP contribution in [0.4, 0.5) is 0 Å². The van der Waals surface area contributed by atoms with Crippen molar-refractivity contribution in [3.05, 3.63) is 35.4 Å². The molecule has 0 aliphatic carbocycles. The maximum atomic E-state index is 9.57. The number of benzene rings is 1. The van der Waals surface area contributed by atoms with Gasteiger partial charge >= 0.3 is 0 Å². The Hall–Kier alpha value is -0.860. The summed E-state index contributed by atoms with van der Waals surface area (Å²) in [6.07, 6.45) is 2.23. The fraction of sp³-hybridized carbons (Fsp3) is 0.600. The predicted octanol–water partition coefficient (Wildman–Crippen LogP) is 2.80. The molecule has 2 heteroatoms. The summed E-state index contributed by atoms with van der Waals surface area (Å²) in [6, 6.07) is 8.65. The first-order valence-corrected chi connectivity index (χ1v) is 6.57. The Morgan fingerprint density at radius 2 is 1.82 bits per heavy atom. The first-order chi connectivity index (χ1) is 8.17. The molecular formula is C15H23NO. The fourth-order valence-corrected chi connectivity index (χ4v) is 2.87. The van der Waals surface area contributed by atoms with Crippen molar-refractivity contribution in [1.29, 1.82) is 0 Å². The molecule has 0 amide bonds. The Bertz CT molecular complexity index is 352. The van der Waals surface area contributed by atoms with Crippen LogP contribution in [0.1, 0.15) is 37.8 Å². The van der Waals surface area contributed by atoms with Gasteiger partial charge in [-0.3, -0.25) is 4.90 Å². The molecule has 17 heavy (non-hydrogen) atoms. The van der Waals surface area contributed by atoms with Crippen LogP contribution >= 0.6 is 0 Å². The average Bonchev–Trinajstić information content (AvgIpc) is 2.71. The SMILES string of the molecule is CCCC(C)(CO)CN1Cc2ccccc2C1. The second-order valence-electron chi connectivity index (χ2n) is 5.63. The molecule has 2 rings (SSSR count). The van der Waals surface area contributed by atoms with Gasteiger partial charge in [-0.25, -0.2) is 0 Å². The van der Waals surface area contributed by atoms with E-state index in [-0.39, 0.29) is 12.0 Å². The van der Waals surface area contributed by atoms with Crippen LogP contribution in [0, 0.1) is 5.41 Å². The molecule has 1 aromatic rings. The van der Waals surface area contributed by atoms with Gasteiger partial charge in [0.15, 0.2) is 0 Å². The van der Waals surface area contributed by atoms with E-state index in [0.29, 0.717) is 0 Å². The first kappa shape index (κ1) is 12.6. The number of hydrogen-bond acceptors (Lipinski definition) is 2. The topological polar surface area (TPSA) is 23.5 Å². The van der Waals surface area contributed by atoms with E-state index in [2.05, 4.69) is 43.0 Å². The minimum absolute atomic E-state index is 0.0524. The van der Waals surface area contributed by atoms with Crippen LogP contribution in [0.2, 0.25) is 0 Å². The van der Waals surface area contributed by atoms with Crippen molar-refractivity contribution in [2.24, 2.45) is 5.41 Å². The van der Waals surface area contributed by atoms with E-state index >= 15 is 0 Å². The second-order valence-corrected chi connectivity index (χ2v) is 5.63. The van der Waals surface area contributed by atoms with Gasteiger partial charge < -0.3 is 5.11 Å². The highest BCUT2D eigenvalue weighted by Crippen LogP contribution is 2.29. The van der Waals surface area contributed by atoms with E-state index < -0.39 is 0 Å². The van der Waals surface area contributed by atoms with Gasteiger partial charge in [-0.15, -0.1) is 0 Å². The predicted molar refractivity (Wildman–Crippen MR) is 70.7 cm³/mol. The Morgan fingerprint density at radius 1 is 1.24 bits per heavy atom. The molecule has 0 saturated carbocycles. The molecule has 1 aliphatic heterocycles. The summed E-state index contributed by atoms with van der Waals surface area (Å²) < 4.78 is 0. The molecule has 0 spiro atoms. The van der Waals surface area contributed by atoms with E-state index in [9.17, 15) is 5.11 Å². The summed E-state index contributed by atoms with van der Waals surface area (Å²) >= 11 is 0. The standard InChI is InChI=1S/C15H23NO/c1-3-8-15(2,12-17)11-16-9-13-6-4-5-7-14(13)10-16/h4-7,17H,3,8-12H2,1-2H3. The van der Waals surface area contributed by atoms with Gasteiger partial charge in [0.1, 0.15) is 0 Å². The zero-order valence-corrected chi connectivity index (χ0v) is 10.9. The van der Waals surface area contributed by atoms with Gasteiger partial charge in [0.2, 0.25) is 0 Å². The highest BCUT2D eigenvalue weighted by Gasteiger charge is 2.28. The lowest BCUT2D eigenvalue weighted by Crippen LogP contribution is -2.35. The van der Waals surface area contributed by atoms with E-state index in [0.717, 1.165) is 32.5 Å². The Balaban J connectivity index is 1.99. The van der Waals surface area contributed by atoms with Crippen molar-refractivity contribution in [2.75, 3.05) is 13.2 Å². The number of nitrogens with zero attached hydrogens (tertiary/aromatic N) is 1. The van der Waals surface area contributed by atoms with Gasteiger partial charge in [0.05, 0.1) is 0 Å². The molecular weight excluding hydrogens is 210 g/mol. The van der Waals surface area contributed by atoms with Crippen LogP contribution in [0.5, 0.6) is 0 Å². The van der Waals surface area contributed by atoms with E-state index in [1.807, 2.05) is 0 Å². The molecule has 1 unspecified atom stereocenters. The number of aliphatic hydroxyl groups is 1. The summed E-state index contributed by atoms with van der Waals surface area (Å²) in [5, 5.41) is 9.57. The van der Waals surface area contributed by atoms with Gasteiger partial charge in [-0.1, -0.05) is 44.5 Å². The monoisotopic (exact) mass is 233 g/mol. The van der Waals surface area contributed by atoms with Gasteiger partial charge in [-0.05, 0) is 17.5 Å². The summed E-state index contributed by atoms with van der Waals surface area (Å²) in [6.45, 7) is 7.73. The highest BCUT2D eigenvalue weighted by molar-refractivity contribution is 5.30. The minimum atomic E-state index is 0.0524. The Labute approximate surface area is 104 Å². The molecule has 94 valence electrons. The summed E-state index contributed by atoms with van der Waals surface area (Å²) in [7, 11) is 0. The van der Waals surface area contributed by atoms with Crippen LogP contribution in [0.15, 0.2) is 24.3 Å². The van der Waals surface area contributed by atoms with Crippen LogP contribution in [0.3, 0.4) is 0 Å². The van der Waals surface area contributed by atoms with Crippen molar-refractivity contribution >= 4 is 0 Å². The normalized spacial score (nSPS) is 19.0. The molecule has 0 fully saturated rings. The molecule has 0 aromatic heterocycles. The first-order valence-electron chi connectivity index (χ1n) is 6.57. The third kappa shape index (κ3) is 2.88. The van der Waals surface area contributed by atoms with Crippen LogP contribution in [-0.2, 0) is 13.1 Å². The molecule has 1 heterocycles. The summed E-state index contributed by atoms with van der Waals surface area (Å²) in [5.41, 5.74) is 2.95. The smallest absolute Gasteiger partial charge is 0.0497 e. The number of rotatable bonds is 5. The molecule has 1 atom stereocenters. The highest BCUT2D eigenvalue weighted by atomic mass is 16.3. The lowest BCUT2D eigenvalue weighted by atomic mass is 9.86. The lowest BCUT2D eigenvalue weighted by molar-refractivity contribution is 0.0786. The maximum Gasteiger partial charge on any atom is 0.0497 e. The minimum Gasteiger partial charge on any atom is -0.396 e. The van der Waals surface area contributed by atoms with E-state index in [1.54, 1.807) is 0 Å². The number of fused-ring (bicyclic) bond motifs is 1. The molecule has 0 radical (unpaired) electrons. The van der Waals surface area contributed by atoms with Crippen LogP contribution < -0.4 is 0 Å². The lowest BCUT2D eigenvalue weighted by Gasteiger charge is -2.31. The molecule has 1 N–H and O–H groups in total. The van der Waals surface area contributed by atoms with Gasteiger partial charge in [-0.2, -0.15) is 0 Å². The zero-order valence-electron chi connectivity index (χ0n) is 10.9. The third-order valence-corrected chi connectivity index (χ3v) is 3.75. The van der Waals surface area contributed by atoms with Crippen molar-refractivity contribution in [3.63, 3.8) is 0 Å². The van der Waals surface area contributed by atoms with Crippen molar-refractivity contribution in [1.82, 2.24) is 4.90 Å². The number of hydrogen-bond donors (Lipinski definition) is 1. The summed E-state index contributed by atoms with van der Waals surface area (Å²) in [4.78, 5) is 2.45. The largest absolute Gasteiger partial charge is 0.396 e. The third-order valence-electron chi connectivity index (χ3n) is 3.75. The van der Waals surface area contributed by atoms with Crippen LogP contribution in [0.25, 0.3) is 0 Å².